The molecule has 9 heteroatoms. The third-order valence-electron chi connectivity index (χ3n) is 6.04. The average Bonchev–Trinajstić information content (AvgIpc) is 2.94. The van der Waals surface area contributed by atoms with Crippen LogP contribution in [0.3, 0.4) is 0 Å². The van der Waals surface area contributed by atoms with Crippen molar-refractivity contribution in [1.29, 1.82) is 0 Å². The standard InChI is InChI=1S/C22H29FN4O4/c1-11-9-15(10-24-20(11)23)26-21(30)17-12(2)18(27(4)13(17)3)19(29)22(31)25-14-5-7-16(28)8-6-14/h9-10,14,16,19,28-29H,5-8H2,1-4H3,(H,25,31)(H,26,30). The summed E-state index contributed by atoms with van der Waals surface area (Å²) in [6.45, 7) is 4.96. The van der Waals surface area contributed by atoms with Crippen molar-refractivity contribution in [1.82, 2.24) is 14.9 Å². The van der Waals surface area contributed by atoms with Gasteiger partial charge < -0.3 is 25.4 Å². The van der Waals surface area contributed by atoms with Gasteiger partial charge in [0.2, 0.25) is 5.95 Å². The zero-order valence-electron chi connectivity index (χ0n) is 18.2. The number of nitrogens with zero attached hydrogens (tertiary/aromatic N) is 2. The summed E-state index contributed by atoms with van der Waals surface area (Å²) < 4.78 is 15.0. The molecule has 0 bridgehead atoms. The van der Waals surface area contributed by atoms with Crippen LogP contribution in [-0.4, -0.2) is 43.7 Å². The number of aliphatic hydroxyl groups excluding tert-OH is 2. The fraction of sp³-hybridized carbons (Fsp3) is 0.500. The van der Waals surface area contributed by atoms with E-state index in [9.17, 15) is 24.2 Å². The van der Waals surface area contributed by atoms with Gasteiger partial charge in [-0.05, 0) is 58.1 Å². The molecule has 1 atom stereocenters. The minimum absolute atomic E-state index is 0.0933. The summed E-state index contributed by atoms with van der Waals surface area (Å²) in [6, 6.07) is 1.39. The van der Waals surface area contributed by atoms with Gasteiger partial charge in [0.15, 0.2) is 6.10 Å². The van der Waals surface area contributed by atoms with Crippen molar-refractivity contribution in [3.05, 3.63) is 46.3 Å². The molecule has 1 aliphatic rings. The van der Waals surface area contributed by atoms with Crippen LogP contribution in [-0.2, 0) is 11.8 Å². The second-order valence-corrected chi connectivity index (χ2v) is 8.23. The molecule has 4 N–H and O–H groups in total. The van der Waals surface area contributed by atoms with Gasteiger partial charge in [-0.2, -0.15) is 4.39 Å². The van der Waals surface area contributed by atoms with E-state index in [1.54, 1.807) is 32.4 Å². The van der Waals surface area contributed by atoms with Crippen molar-refractivity contribution in [3.63, 3.8) is 0 Å². The van der Waals surface area contributed by atoms with Crippen molar-refractivity contribution in [2.75, 3.05) is 5.32 Å². The molecule has 1 saturated carbocycles. The third kappa shape index (κ3) is 4.77. The zero-order chi connectivity index (χ0) is 22.9. The van der Waals surface area contributed by atoms with E-state index >= 15 is 0 Å². The molecule has 0 saturated heterocycles. The van der Waals surface area contributed by atoms with Gasteiger partial charge >= 0.3 is 0 Å². The summed E-state index contributed by atoms with van der Waals surface area (Å²) in [7, 11) is 1.69. The van der Waals surface area contributed by atoms with E-state index in [-0.39, 0.29) is 12.1 Å². The fourth-order valence-electron chi connectivity index (χ4n) is 4.17. The lowest BCUT2D eigenvalue weighted by atomic mass is 9.93. The summed E-state index contributed by atoms with van der Waals surface area (Å²) in [5.74, 6) is -1.57. The first-order valence-electron chi connectivity index (χ1n) is 10.4. The van der Waals surface area contributed by atoms with Crippen LogP contribution in [0, 0.1) is 26.7 Å². The van der Waals surface area contributed by atoms with E-state index in [0.29, 0.717) is 59.4 Å². The van der Waals surface area contributed by atoms with E-state index in [1.165, 1.54) is 12.3 Å². The molecule has 1 fully saturated rings. The zero-order valence-corrected chi connectivity index (χ0v) is 18.2. The van der Waals surface area contributed by atoms with E-state index in [2.05, 4.69) is 15.6 Å². The topological polar surface area (TPSA) is 116 Å². The molecule has 8 nitrogen and oxygen atoms in total. The number of pyridine rings is 1. The van der Waals surface area contributed by atoms with Crippen LogP contribution < -0.4 is 10.6 Å². The molecule has 2 heterocycles. The van der Waals surface area contributed by atoms with Gasteiger partial charge in [-0.15, -0.1) is 0 Å². The highest BCUT2D eigenvalue weighted by atomic mass is 19.1. The number of amides is 2. The Kier molecular flexibility index (Phi) is 6.76. The van der Waals surface area contributed by atoms with Gasteiger partial charge in [-0.1, -0.05) is 0 Å². The predicted molar refractivity (Wildman–Crippen MR) is 113 cm³/mol. The Morgan fingerprint density at radius 1 is 1.23 bits per heavy atom. The number of carbonyl (C=O) groups is 2. The summed E-state index contributed by atoms with van der Waals surface area (Å²) in [4.78, 5) is 29.2. The van der Waals surface area contributed by atoms with E-state index in [1.807, 2.05) is 0 Å². The second-order valence-electron chi connectivity index (χ2n) is 8.23. The maximum atomic E-state index is 13.4. The number of hydrogen-bond donors (Lipinski definition) is 4. The Balaban J connectivity index is 1.79. The Hall–Kier alpha value is -2.78. The predicted octanol–water partition coefficient (Wildman–Crippen LogP) is 2.19. The van der Waals surface area contributed by atoms with Crippen LogP contribution >= 0.6 is 0 Å². The molecule has 2 aromatic rings. The number of nitrogens with one attached hydrogen (secondary N) is 2. The van der Waals surface area contributed by atoms with Crippen LogP contribution in [0.25, 0.3) is 0 Å². The molecule has 1 aliphatic carbocycles. The van der Waals surface area contributed by atoms with Gasteiger partial charge in [0.25, 0.3) is 11.8 Å². The lowest BCUT2D eigenvalue weighted by Crippen LogP contribution is -2.41. The molecule has 3 rings (SSSR count). The summed E-state index contributed by atoms with van der Waals surface area (Å²) in [6.07, 6.45) is 2.01. The number of aliphatic hydroxyl groups is 2. The average molecular weight is 432 g/mol. The van der Waals surface area contributed by atoms with Crippen molar-refractivity contribution < 1.29 is 24.2 Å². The monoisotopic (exact) mass is 432 g/mol. The number of halogens is 1. The molecule has 31 heavy (non-hydrogen) atoms. The van der Waals surface area contributed by atoms with Gasteiger partial charge in [0.05, 0.1) is 29.2 Å². The molecule has 168 valence electrons. The molecule has 0 spiro atoms. The molecular weight excluding hydrogens is 403 g/mol. The van der Waals surface area contributed by atoms with Crippen molar-refractivity contribution in [2.45, 2.75) is 64.7 Å². The number of aryl methyl sites for hydroxylation is 1. The van der Waals surface area contributed by atoms with E-state index < -0.39 is 23.9 Å². The second kappa shape index (κ2) is 9.15. The molecule has 0 aliphatic heterocycles. The van der Waals surface area contributed by atoms with Crippen molar-refractivity contribution in [2.24, 2.45) is 7.05 Å². The number of rotatable bonds is 5. The summed E-state index contributed by atoms with van der Waals surface area (Å²) >= 11 is 0. The minimum Gasteiger partial charge on any atom is -0.393 e. The first kappa shape index (κ1) is 22.9. The normalized spacial score (nSPS) is 19.7. The number of hydrogen-bond acceptors (Lipinski definition) is 5. The number of anilines is 1. The summed E-state index contributed by atoms with van der Waals surface area (Å²) in [5.41, 5.74) is 2.42. The number of aromatic nitrogens is 2. The van der Waals surface area contributed by atoms with Gasteiger partial charge in [-0.25, -0.2) is 4.98 Å². The third-order valence-corrected chi connectivity index (χ3v) is 6.04. The lowest BCUT2D eigenvalue weighted by Gasteiger charge is -2.27. The Labute approximate surface area is 180 Å². The Morgan fingerprint density at radius 3 is 2.48 bits per heavy atom. The molecule has 1 unspecified atom stereocenters. The first-order chi connectivity index (χ1) is 14.6. The first-order valence-corrected chi connectivity index (χ1v) is 10.4. The van der Waals surface area contributed by atoms with Crippen molar-refractivity contribution >= 4 is 17.5 Å². The van der Waals surface area contributed by atoms with Crippen LogP contribution in [0.5, 0.6) is 0 Å². The number of carbonyl (C=O) groups excluding carboxylic acids is 2. The lowest BCUT2D eigenvalue weighted by molar-refractivity contribution is -0.131. The van der Waals surface area contributed by atoms with Crippen LogP contribution in [0.15, 0.2) is 12.3 Å². The fourth-order valence-corrected chi connectivity index (χ4v) is 4.17. The van der Waals surface area contributed by atoms with Crippen LogP contribution in [0.2, 0.25) is 0 Å². The Bertz CT molecular complexity index is 996. The molecule has 2 amide bonds. The summed E-state index contributed by atoms with van der Waals surface area (Å²) in [5, 5.41) is 25.9. The SMILES string of the molecule is Cc1cc(NC(=O)c2c(C)c(C(O)C(=O)NC3CCC(O)CC3)n(C)c2C)cnc1F. The highest BCUT2D eigenvalue weighted by Crippen LogP contribution is 2.28. The van der Waals surface area contributed by atoms with Crippen LogP contribution in [0.1, 0.15) is 64.7 Å². The van der Waals surface area contributed by atoms with E-state index in [4.69, 9.17) is 0 Å². The largest absolute Gasteiger partial charge is 0.393 e. The Morgan fingerprint density at radius 2 is 1.87 bits per heavy atom. The van der Waals surface area contributed by atoms with E-state index in [0.717, 1.165) is 0 Å². The molecule has 2 aromatic heterocycles. The maximum absolute atomic E-state index is 13.4. The van der Waals surface area contributed by atoms with Gasteiger partial charge in [0, 0.05) is 24.3 Å². The van der Waals surface area contributed by atoms with Crippen LogP contribution in [0.4, 0.5) is 10.1 Å². The van der Waals surface area contributed by atoms with Gasteiger partial charge in [-0.3, -0.25) is 9.59 Å². The highest BCUT2D eigenvalue weighted by Gasteiger charge is 2.30. The molecule has 0 radical (unpaired) electrons. The minimum atomic E-state index is -1.44. The smallest absolute Gasteiger partial charge is 0.257 e. The maximum Gasteiger partial charge on any atom is 0.257 e. The molecular formula is C22H29FN4O4. The quantitative estimate of drug-likeness (QED) is 0.541. The van der Waals surface area contributed by atoms with Crippen molar-refractivity contribution in [3.8, 4) is 0 Å². The van der Waals surface area contributed by atoms with Gasteiger partial charge in [0.1, 0.15) is 0 Å². The molecule has 0 aromatic carbocycles. The highest BCUT2D eigenvalue weighted by molar-refractivity contribution is 6.06.